The Bertz CT molecular complexity index is 200. The van der Waals surface area contributed by atoms with Crippen molar-refractivity contribution >= 4 is 0 Å². The first-order valence-corrected chi connectivity index (χ1v) is 3.93. The fraction of sp³-hybridized carbons (Fsp3) is 0.500. The Morgan fingerprint density at radius 1 is 1.50 bits per heavy atom. The Kier molecular flexibility index (Phi) is 2.53. The summed E-state index contributed by atoms with van der Waals surface area (Å²) in [4.78, 5) is 0. The van der Waals surface area contributed by atoms with Gasteiger partial charge in [0.15, 0.2) is 0 Å². The number of hydrogen-bond acceptors (Lipinski definition) is 0. The highest BCUT2D eigenvalue weighted by Crippen LogP contribution is 2.15. The average molecular weight is 134 g/mol. The maximum atomic E-state index is 3.22. The Balaban J connectivity index is 2.72. The van der Waals surface area contributed by atoms with Gasteiger partial charge in [-0.3, -0.25) is 0 Å². The van der Waals surface area contributed by atoms with Crippen LogP contribution in [0, 0.1) is 0 Å². The van der Waals surface area contributed by atoms with Gasteiger partial charge in [-0.15, -0.1) is 5.73 Å². The third-order valence-electron chi connectivity index (χ3n) is 1.92. The van der Waals surface area contributed by atoms with Crippen molar-refractivity contribution in [2.75, 3.05) is 0 Å². The van der Waals surface area contributed by atoms with E-state index >= 15 is 0 Å². The topological polar surface area (TPSA) is 0 Å². The van der Waals surface area contributed by atoms with Gasteiger partial charge in [0.2, 0.25) is 0 Å². The van der Waals surface area contributed by atoms with Crippen LogP contribution in [0.4, 0.5) is 0 Å². The standard InChI is InChI=1S/C10H14/c1-3-10-6-4-5-9(2)7-8-10/h4,6H,3,7-8H2,1-2H3. The van der Waals surface area contributed by atoms with Gasteiger partial charge in [-0.05, 0) is 37.8 Å². The molecule has 0 bridgehead atoms. The maximum Gasteiger partial charge on any atom is -0.0201 e. The zero-order chi connectivity index (χ0) is 7.40. The van der Waals surface area contributed by atoms with Crippen LogP contribution in [0.25, 0.3) is 0 Å². The fourth-order valence-electron chi connectivity index (χ4n) is 1.10. The van der Waals surface area contributed by atoms with Crippen molar-refractivity contribution < 1.29 is 0 Å². The molecule has 0 atom stereocenters. The van der Waals surface area contributed by atoms with Crippen LogP contribution in [0.1, 0.15) is 33.1 Å². The summed E-state index contributed by atoms with van der Waals surface area (Å²) in [5, 5.41) is 0. The van der Waals surface area contributed by atoms with Crippen molar-refractivity contribution in [3.05, 3.63) is 29.0 Å². The molecule has 0 radical (unpaired) electrons. The van der Waals surface area contributed by atoms with Gasteiger partial charge in [-0.25, -0.2) is 0 Å². The third kappa shape index (κ3) is 1.89. The number of rotatable bonds is 1. The maximum absolute atomic E-state index is 3.22. The molecule has 0 nitrogen and oxygen atoms in total. The monoisotopic (exact) mass is 134 g/mol. The van der Waals surface area contributed by atoms with E-state index in [1.54, 1.807) is 5.57 Å². The second kappa shape index (κ2) is 3.43. The molecule has 0 N–H and O–H groups in total. The molecule has 0 unspecified atom stereocenters. The predicted octanol–water partition coefficient (Wildman–Crippen LogP) is 3.22. The lowest BCUT2D eigenvalue weighted by molar-refractivity contribution is 0.881. The van der Waals surface area contributed by atoms with Crippen LogP contribution in [-0.2, 0) is 0 Å². The van der Waals surface area contributed by atoms with Gasteiger partial charge in [0.25, 0.3) is 0 Å². The van der Waals surface area contributed by atoms with Gasteiger partial charge in [0, 0.05) is 0 Å². The van der Waals surface area contributed by atoms with Gasteiger partial charge in [0.05, 0.1) is 0 Å². The van der Waals surface area contributed by atoms with Crippen LogP contribution in [0.3, 0.4) is 0 Å². The van der Waals surface area contributed by atoms with E-state index in [0.717, 1.165) is 0 Å². The second-order valence-corrected chi connectivity index (χ2v) is 2.77. The van der Waals surface area contributed by atoms with Crippen LogP contribution in [0.2, 0.25) is 0 Å². The highest BCUT2D eigenvalue weighted by molar-refractivity contribution is 5.18. The summed E-state index contributed by atoms with van der Waals surface area (Å²) in [6, 6.07) is 0. The molecule has 0 heterocycles. The lowest BCUT2D eigenvalue weighted by Crippen LogP contribution is -1.80. The molecule has 1 rings (SSSR count). The molecule has 0 aromatic carbocycles. The molecule has 54 valence electrons. The van der Waals surface area contributed by atoms with Gasteiger partial charge < -0.3 is 0 Å². The summed E-state index contributed by atoms with van der Waals surface area (Å²) < 4.78 is 0. The third-order valence-corrected chi connectivity index (χ3v) is 1.92. The van der Waals surface area contributed by atoms with Crippen LogP contribution >= 0.6 is 0 Å². The molecule has 0 fully saturated rings. The fourth-order valence-corrected chi connectivity index (χ4v) is 1.10. The van der Waals surface area contributed by atoms with Crippen molar-refractivity contribution in [1.29, 1.82) is 0 Å². The van der Waals surface area contributed by atoms with E-state index in [4.69, 9.17) is 0 Å². The normalized spacial score (nSPS) is 17.8. The molecule has 1 aliphatic carbocycles. The van der Waals surface area contributed by atoms with Crippen LogP contribution < -0.4 is 0 Å². The van der Waals surface area contributed by atoms with Crippen LogP contribution in [0.15, 0.2) is 29.0 Å². The average Bonchev–Trinajstić information content (AvgIpc) is 2.14. The first-order valence-electron chi connectivity index (χ1n) is 3.93. The van der Waals surface area contributed by atoms with E-state index in [1.165, 1.54) is 24.8 Å². The van der Waals surface area contributed by atoms with Crippen molar-refractivity contribution in [2.24, 2.45) is 0 Å². The number of hydrogen-bond donors (Lipinski definition) is 0. The molecule has 0 heteroatoms. The zero-order valence-electron chi connectivity index (χ0n) is 6.78. The summed E-state index contributed by atoms with van der Waals surface area (Å²) in [6.45, 7) is 4.35. The minimum Gasteiger partial charge on any atom is -0.122 e. The summed E-state index contributed by atoms with van der Waals surface area (Å²) >= 11 is 0. The molecule has 0 aromatic rings. The molecule has 0 aliphatic heterocycles. The minimum absolute atomic E-state index is 1.19. The molecular weight excluding hydrogens is 120 g/mol. The zero-order valence-corrected chi connectivity index (χ0v) is 6.78. The summed E-state index contributed by atoms with van der Waals surface area (Å²) in [6.07, 6.45) is 7.84. The Morgan fingerprint density at radius 3 is 3.00 bits per heavy atom. The molecule has 10 heavy (non-hydrogen) atoms. The minimum atomic E-state index is 1.19. The van der Waals surface area contributed by atoms with E-state index in [9.17, 15) is 0 Å². The lowest BCUT2D eigenvalue weighted by atomic mass is 10.1. The number of allylic oxidation sites excluding steroid dienone is 3. The smallest absolute Gasteiger partial charge is 0.0201 e. The molecule has 1 aliphatic rings. The van der Waals surface area contributed by atoms with Gasteiger partial charge in [-0.2, -0.15) is 0 Å². The largest absolute Gasteiger partial charge is 0.122 e. The van der Waals surface area contributed by atoms with Crippen LogP contribution in [-0.4, -0.2) is 0 Å². The molecule has 0 amide bonds. The van der Waals surface area contributed by atoms with E-state index in [1.807, 2.05) is 6.08 Å². The Morgan fingerprint density at radius 2 is 2.30 bits per heavy atom. The second-order valence-electron chi connectivity index (χ2n) is 2.77. The van der Waals surface area contributed by atoms with Gasteiger partial charge >= 0.3 is 0 Å². The summed E-state index contributed by atoms with van der Waals surface area (Å²) in [5.74, 6) is 0. The molecular formula is C10H14. The van der Waals surface area contributed by atoms with E-state index in [2.05, 4.69) is 25.7 Å². The van der Waals surface area contributed by atoms with E-state index < -0.39 is 0 Å². The Labute approximate surface area is 62.9 Å². The summed E-state index contributed by atoms with van der Waals surface area (Å²) in [5.41, 5.74) is 6.14. The highest BCUT2D eigenvalue weighted by Gasteiger charge is 1.96. The van der Waals surface area contributed by atoms with Gasteiger partial charge in [-0.1, -0.05) is 18.6 Å². The van der Waals surface area contributed by atoms with Gasteiger partial charge in [0.1, 0.15) is 0 Å². The first kappa shape index (κ1) is 7.37. The lowest BCUT2D eigenvalue weighted by Gasteiger charge is -1.99. The van der Waals surface area contributed by atoms with Crippen LogP contribution in [0.5, 0.6) is 0 Å². The van der Waals surface area contributed by atoms with E-state index in [0.29, 0.717) is 0 Å². The molecule has 0 aromatic heterocycles. The quantitative estimate of drug-likeness (QED) is 0.483. The van der Waals surface area contributed by atoms with Crippen molar-refractivity contribution in [1.82, 2.24) is 0 Å². The van der Waals surface area contributed by atoms with Crippen molar-refractivity contribution in [3.63, 3.8) is 0 Å². The van der Waals surface area contributed by atoms with Crippen molar-refractivity contribution in [2.45, 2.75) is 33.1 Å². The molecule has 0 saturated carbocycles. The highest BCUT2D eigenvalue weighted by atomic mass is 14.0. The molecule has 0 spiro atoms. The predicted molar refractivity (Wildman–Crippen MR) is 44.9 cm³/mol. The SMILES string of the molecule is CCC1=CC=C=C(C)CC1. The van der Waals surface area contributed by atoms with Crippen molar-refractivity contribution in [3.8, 4) is 0 Å². The molecule has 0 saturated heterocycles. The first-order chi connectivity index (χ1) is 4.83. The summed E-state index contributed by atoms with van der Waals surface area (Å²) in [7, 11) is 0. The van der Waals surface area contributed by atoms with E-state index in [-0.39, 0.29) is 0 Å². The Hall–Kier alpha value is -0.740.